The first-order valence-electron chi connectivity index (χ1n) is 7.37. The Morgan fingerprint density at radius 1 is 1.29 bits per heavy atom. The fraction of sp³-hybridized carbons (Fsp3) is 0.533. The van der Waals surface area contributed by atoms with Crippen LogP contribution in [0.2, 0.25) is 0 Å². The first kappa shape index (κ1) is 15.6. The molecule has 0 aliphatic carbocycles. The van der Waals surface area contributed by atoms with Crippen molar-refractivity contribution >= 4 is 11.6 Å². The van der Waals surface area contributed by atoms with Crippen LogP contribution in [0.1, 0.15) is 13.8 Å². The van der Waals surface area contributed by atoms with Crippen molar-refractivity contribution in [3.8, 4) is 0 Å². The van der Waals surface area contributed by atoms with Gasteiger partial charge in [0.25, 0.3) is 0 Å². The highest BCUT2D eigenvalue weighted by atomic mass is 19.1. The van der Waals surface area contributed by atoms with Crippen molar-refractivity contribution in [1.29, 1.82) is 0 Å². The first-order valence-corrected chi connectivity index (χ1v) is 7.37. The largest absolute Gasteiger partial charge is 0.366 e. The van der Waals surface area contributed by atoms with Gasteiger partial charge < -0.3 is 9.80 Å². The molecule has 2 rings (SSSR count). The second kappa shape index (κ2) is 7.26. The SMILES string of the molecule is CC(C)CN=C(NN)N1CCN(c2ccccc2F)CC1. The summed E-state index contributed by atoms with van der Waals surface area (Å²) in [5, 5.41) is 0. The maximum Gasteiger partial charge on any atom is 0.208 e. The number of hydrogen-bond acceptors (Lipinski definition) is 3. The van der Waals surface area contributed by atoms with Crippen molar-refractivity contribution < 1.29 is 4.39 Å². The van der Waals surface area contributed by atoms with Gasteiger partial charge >= 0.3 is 0 Å². The van der Waals surface area contributed by atoms with E-state index in [1.165, 1.54) is 6.07 Å². The molecule has 1 aliphatic rings. The molecule has 1 heterocycles. The number of hydrazine groups is 1. The summed E-state index contributed by atoms with van der Waals surface area (Å²) < 4.78 is 13.8. The van der Waals surface area contributed by atoms with Crippen LogP contribution < -0.4 is 16.2 Å². The van der Waals surface area contributed by atoms with E-state index < -0.39 is 0 Å². The highest BCUT2D eigenvalue weighted by molar-refractivity contribution is 5.79. The van der Waals surface area contributed by atoms with Crippen LogP contribution in [0.4, 0.5) is 10.1 Å². The van der Waals surface area contributed by atoms with Crippen LogP contribution in [0.5, 0.6) is 0 Å². The predicted molar refractivity (Wildman–Crippen MR) is 84.6 cm³/mol. The van der Waals surface area contributed by atoms with Crippen LogP contribution in [-0.2, 0) is 0 Å². The third kappa shape index (κ3) is 4.07. The molecule has 3 N–H and O–H groups in total. The number of para-hydroxylation sites is 1. The number of halogens is 1. The molecule has 0 bridgehead atoms. The normalized spacial score (nSPS) is 16.5. The van der Waals surface area contributed by atoms with Gasteiger partial charge in [0, 0.05) is 32.7 Å². The summed E-state index contributed by atoms with van der Waals surface area (Å²) in [6, 6.07) is 6.89. The topological polar surface area (TPSA) is 56.9 Å². The maximum atomic E-state index is 13.8. The number of aliphatic imine (C=N–C) groups is 1. The van der Waals surface area contributed by atoms with E-state index in [1.807, 2.05) is 12.1 Å². The van der Waals surface area contributed by atoms with E-state index >= 15 is 0 Å². The van der Waals surface area contributed by atoms with Gasteiger partial charge in [-0.05, 0) is 18.1 Å². The minimum absolute atomic E-state index is 0.170. The average Bonchev–Trinajstić information content (AvgIpc) is 2.49. The molecular weight excluding hydrogens is 269 g/mol. The summed E-state index contributed by atoms with van der Waals surface area (Å²) >= 11 is 0. The molecule has 5 nitrogen and oxygen atoms in total. The van der Waals surface area contributed by atoms with Gasteiger partial charge in [-0.25, -0.2) is 10.2 Å². The molecule has 1 aliphatic heterocycles. The van der Waals surface area contributed by atoms with Crippen molar-refractivity contribution in [3.63, 3.8) is 0 Å². The van der Waals surface area contributed by atoms with E-state index in [0.717, 1.165) is 38.7 Å². The molecule has 0 radical (unpaired) electrons. The van der Waals surface area contributed by atoms with E-state index in [2.05, 4.69) is 34.1 Å². The van der Waals surface area contributed by atoms with E-state index in [0.29, 0.717) is 11.6 Å². The van der Waals surface area contributed by atoms with Gasteiger partial charge in [-0.15, -0.1) is 0 Å². The first-order chi connectivity index (χ1) is 10.1. The summed E-state index contributed by atoms with van der Waals surface area (Å²) in [5.41, 5.74) is 3.34. The lowest BCUT2D eigenvalue weighted by Crippen LogP contribution is -2.54. The predicted octanol–water partition coefficient (Wildman–Crippen LogP) is 1.42. The Morgan fingerprint density at radius 3 is 2.52 bits per heavy atom. The molecule has 0 spiro atoms. The number of anilines is 1. The fourth-order valence-corrected chi connectivity index (χ4v) is 2.37. The fourth-order valence-electron chi connectivity index (χ4n) is 2.37. The van der Waals surface area contributed by atoms with Crippen LogP contribution in [0, 0.1) is 11.7 Å². The summed E-state index contributed by atoms with van der Waals surface area (Å²) in [4.78, 5) is 8.66. The lowest BCUT2D eigenvalue weighted by atomic mass is 10.2. The van der Waals surface area contributed by atoms with E-state index in [1.54, 1.807) is 6.07 Å². The summed E-state index contributed by atoms with van der Waals surface area (Å²) in [6.07, 6.45) is 0. The molecule has 116 valence electrons. The number of guanidine groups is 1. The number of benzene rings is 1. The van der Waals surface area contributed by atoms with Gasteiger partial charge in [-0.1, -0.05) is 26.0 Å². The lowest BCUT2D eigenvalue weighted by molar-refractivity contribution is 0.370. The van der Waals surface area contributed by atoms with E-state index in [9.17, 15) is 4.39 Å². The van der Waals surface area contributed by atoms with E-state index in [4.69, 9.17) is 5.84 Å². The number of hydrogen-bond donors (Lipinski definition) is 2. The van der Waals surface area contributed by atoms with Gasteiger partial charge in [0.15, 0.2) is 0 Å². The number of nitrogens with two attached hydrogens (primary N) is 1. The number of piperazine rings is 1. The highest BCUT2D eigenvalue weighted by Gasteiger charge is 2.21. The quantitative estimate of drug-likeness (QED) is 0.383. The van der Waals surface area contributed by atoms with Crippen LogP contribution in [-0.4, -0.2) is 43.6 Å². The van der Waals surface area contributed by atoms with Gasteiger partial charge in [-0.3, -0.25) is 10.4 Å². The molecule has 0 aromatic heterocycles. The smallest absolute Gasteiger partial charge is 0.208 e. The Hall–Kier alpha value is -1.82. The summed E-state index contributed by atoms with van der Waals surface area (Å²) in [7, 11) is 0. The highest BCUT2D eigenvalue weighted by Crippen LogP contribution is 2.20. The minimum Gasteiger partial charge on any atom is -0.366 e. The van der Waals surface area contributed by atoms with Crippen molar-refractivity contribution in [2.24, 2.45) is 16.8 Å². The Labute approximate surface area is 125 Å². The third-order valence-electron chi connectivity index (χ3n) is 3.51. The second-order valence-electron chi connectivity index (χ2n) is 5.63. The van der Waals surface area contributed by atoms with Crippen LogP contribution in [0.25, 0.3) is 0 Å². The monoisotopic (exact) mass is 293 g/mol. The standard InChI is InChI=1S/C15H24FN5/c1-12(2)11-18-15(19-17)21-9-7-20(8-10-21)14-6-4-3-5-13(14)16/h3-6,12H,7-11,17H2,1-2H3,(H,18,19). The van der Waals surface area contributed by atoms with Crippen LogP contribution in [0.3, 0.4) is 0 Å². The van der Waals surface area contributed by atoms with Gasteiger partial charge in [0.2, 0.25) is 5.96 Å². The molecular formula is C15H24FN5. The Bertz CT molecular complexity index is 481. The minimum atomic E-state index is -0.170. The zero-order chi connectivity index (χ0) is 15.2. The Morgan fingerprint density at radius 2 is 1.95 bits per heavy atom. The molecule has 1 fully saturated rings. The van der Waals surface area contributed by atoms with Gasteiger partial charge in [-0.2, -0.15) is 0 Å². The van der Waals surface area contributed by atoms with Gasteiger partial charge in [0.05, 0.1) is 5.69 Å². The van der Waals surface area contributed by atoms with Crippen LogP contribution in [0.15, 0.2) is 29.3 Å². The number of nitrogens with one attached hydrogen (secondary N) is 1. The third-order valence-corrected chi connectivity index (χ3v) is 3.51. The zero-order valence-electron chi connectivity index (χ0n) is 12.7. The Kier molecular flexibility index (Phi) is 5.38. The molecule has 0 amide bonds. The summed E-state index contributed by atoms with van der Waals surface area (Å²) in [5.74, 6) is 6.61. The molecule has 0 atom stereocenters. The molecule has 0 saturated carbocycles. The average molecular weight is 293 g/mol. The molecule has 21 heavy (non-hydrogen) atoms. The number of rotatable bonds is 3. The zero-order valence-corrected chi connectivity index (χ0v) is 12.7. The van der Waals surface area contributed by atoms with E-state index in [-0.39, 0.29) is 5.82 Å². The summed E-state index contributed by atoms with van der Waals surface area (Å²) in [6.45, 7) is 8.03. The maximum absolute atomic E-state index is 13.8. The Balaban J connectivity index is 1.96. The van der Waals surface area contributed by atoms with Crippen molar-refractivity contribution in [2.75, 3.05) is 37.6 Å². The van der Waals surface area contributed by atoms with Crippen molar-refractivity contribution in [1.82, 2.24) is 10.3 Å². The van der Waals surface area contributed by atoms with Gasteiger partial charge in [0.1, 0.15) is 5.82 Å². The second-order valence-corrected chi connectivity index (χ2v) is 5.63. The molecule has 1 aromatic rings. The molecule has 6 heteroatoms. The lowest BCUT2D eigenvalue weighted by Gasteiger charge is -2.37. The molecule has 0 unspecified atom stereocenters. The van der Waals surface area contributed by atoms with Crippen molar-refractivity contribution in [2.45, 2.75) is 13.8 Å². The van der Waals surface area contributed by atoms with Crippen LogP contribution >= 0.6 is 0 Å². The molecule has 1 saturated heterocycles. The van der Waals surface area contributed by atoms with Crippen molar-refractivity contribution in [3.05, 3.63) is 30.1 Å². The number of nitrogens with zero attached hydrogens (tertiary/aromatic N) is 3. The molecule has 1 aromatic carbocycles.